The first-order valence-corrected chi connectivity index (χ1v) is 14.6. The molecule has 254 valence electrons. The van der Waals surface area contributed by atoms with Crippen molar-refractivity contribution >= 4 is 41.4 Å². The Morgan fingerprint density at radius 2 is 1.61 bits per heavy atom. The molecule has 6 amide bonds. The Kier molecular flexibility index (Phi) is 14.3. The van der Waals surface area contributed by atoms with Crippen molar-refractivity contribution in [2.24, 2.45) is 11.6 Å². The molecule has 18 heteroatoms. The van der Waals surface area contributed by atoms with Crippen molar-refractivity contribution in [2.45, 2.75) is 82.3 Å². The van der Waals surface area contributed by atoms with Crippen LogP contribution in [0.15, 0.2) is 24.3 Å². The zero-order valence-corrected chi connectivity index (χ0v) is 25.5. The van der Waals surface area contributed by atoms with Crippen molar-refractivity contribution < 1.29 is 48.9 Å². The Labute approximate surface area is 264 Å². The fraction of sp³-hybridized carbons (Fsp3) is 0.536. The van der Waals surface area contributed by atoms with Crippen LogP contribution in [0.3, 0.4) is 0 Å². The molecule has 0 aromatic heterocycles. The van der Waals surface area contributed by atoms with Gasteiger partial charge in [0, 0.05) is 13.0 Å². The number of amides is 6. The number of hydrogen-bond donors (Lipinski definition) is 10. The first-order chi connectivity index (χ1) is 21.6. The second-order valence-corrected chi connectivity index (χ2v) is 10.9. The number of nitrogens with one attached hydrogen (secondary N) is 5. The number of carbonyl (C=O) groups is 7. The molecule has 18 nitrogen and oxygen atoms in total. The van der Waals surface area contributed by atoms with Crippen LogP contribution in [-0.2, 0) is 40.0 Å². The molecule has 6 atom stereocenters. The Hall–Kier alpha value is -4.81. The number of aliphatic hydroxyl groups is 1. The molecule has 2 rings (SSSR count). The number of aliphatic carboxylic acids is 1. The van der Waals surface area contributed by atoms with E-state index in [0.717, 1.165) is 0 Å². The molecule has 1 heterocycles. The summed E-state index contributed by atoms with van der Waals surface area (Å²) in [6, 6.07) is 0.126. The molecule has 1 aromatic rings. The zero-order chi connectivity index (χ0) is 34.6. The van der Waals surface area contributed by atoms with E-state index >= 15 is 0 Å². The van der Waals surface area contributed by atoms with Crippen molar-refractivity contribution in [3.63, 3.8) is 0 Å². The highest BCUT2D eigenvalue weighted by Crippen LogP contribution is 2.18. The number of benzene rings is 1. The van der Waals surface area contributed by atoms with Crippen LogP contribution in [-0.4, -0.2) is 111 Å². The van der Waals surface area contributed by atoms with Gasteiger partial charge in [-0.3, -0.25) is 39.0 Å². The maximum absolute atomic E-state index is 13.2. The van der Waals surface area contributed by atoms with Crippen LogP contribution in [0.25, 0.3) is 0 Å². The number of nitrogens with zero attached hydrogens (tertiary/aromatic N) is 1. The molecule has 0 radical (unpaired) electrons. The van der Waals surface area contributed by atoms with Crippen LogP contribution in [0.2, 0.25) is 0 Å². The van der Waals surface area contributed by atoms with Gasteiger partial charge in [-0.25, -0.2) is 5.84 Å². The predicted octanol–water partition coefficient (Wildman–Crippen LogP) is -3.92. The van der Waals surface area contributed by atoms with Crippen LogP contribution in [0, 0.1) is 0 Å². The van der Waals surface area contributed by atoms with E-state index in [1.54, 1.807) is 17.6 Å². The van der Waals surface area contributed by atoms with Gasteiger partial charge in [0.2, 0.25) is 29.5 Å². The van der Waals surface area contributed by atoms with E-state index in [-0.39, 0.29) is 31.6 Å². The number of aromatic hydroxyl groups is 1. The van der Waals surface area contributed by atoms with Crippen molar-refractivity contribution in [2.75, 3.05) is 13.1 Å². The highest BCUT2D eigenvalue weighted by Gasteiger charge is 2.37. The van der Waals surface area contributed by atoms with Crippen LogP contribution in [0.4, 0.5) is 0 Å². The molecular formula is C28H42N8O10. The van der Waals surface area contributed by atoms with Gasteiger partial charge in [-0.2, -0.15) is 0 Å². The Balaban J connectivity index is 1.96. The first kappa shape index (κ1) is 37.4. The van der Waals surface area contributed by atoms with Gasteiger partial charge in [-0.1, -0.05) is 12.1 Å². The first-order valence-electron chi connectivity index (χ1n) is 14.6. The largest absolute Gasteiger partial charge is 0.508 e. The molecule has 0 saturated carbocycles. The van der Waals surface area contributed by atoms with Gasteiger partial charge in [0.05, 0.1) is 18.7 Å². The van der Waals surface area contributed by atoms with Crippen molar-refractivity contribution in [3.8, 4) is 5.75 Å². The summed E-state index contributed by atoms with van der Waals surface area (Å²) in [5.41, 5.74) is 8.43. The van der Waals surface area contributed by atoms with Gasteiger partial charge in [-0.05, 0) is 57.2 Å². The number of phenols is 1. The zero-order valence-electron chi connectivity index (χ0n) is 25.5. The fourth-order valence-corrected chi connectivity index (χ4v) is 4.67. The maximum Gasteiger partial charge on any atom is 0.303 e. The average molecular weight is 651 g/mol. The summed E-state index contributed by atoms with van der Waals surface area (Å²) in [5.74, 6) is -0.648. The summed E-state index contributed by atoms with van der Waals surface area (Å²) in [6.07, 6.45) is -1.45. The second kappa shape index (κ2) is 17.6. The molecule has 1 fully saturated rings. The number of aliphatic hydroxyl groups excluding tert-OH is 1. The average Bonchev–Trinajstić information content (AvgIpc) is 3.51. The number of likely N-dealkylation sites (tertiary alicyclic amines) is 1. The molecule has 0 spiro atoms. The lowest BCUT2D eigenvalue weighted by Crippen LogP contribution is -2.59. The number of hydrogen-bond acceptors (Lipinski definition) is 11. The molecule has 1 saturated heterocycles. The quantitative estimate of drug-likeness (QED) is 0.0466. The predicted molar refractivity (Wildman–Crippen MR) is 160 cm³/mol. The van der Waals surface area contributed by atoms with E-state index in [1.165, 1.54) is 30.9 Å². The normalized spacial score (nSPS) is 17.4. The molecule has 1 aliphatic heterocycles. The molecular weight excluding hydrogens is 608 g/mol. The lowest BCUT2D eigenvalue weighted by Gasteiger charge is -2.28. The number of carboxylic acids is 1. The third-order valence-electron chi connectivity index (χ3n) is 7.26. The van der Waals surface area contributed by atoms with Gasteiger partial charge in [0.15, 0.2) is 0 Å². The summed E-state index contributed by atoms with van der Waals surface area (Å²) in [6.45, 7) is 2.28. The minimum atomic E-state index is -1.49. The van der Waals surface area contributed by atoms with Gasteiger partial charge in [0.1, 0.15) is 29.9 Å². The van der Waals surface area contributed by atoms with Crippen LogP contribution < -0.4 is 38.3 Å². The SMILES string of the molecule is C[C@H](NC(=O)[C@@H](N)Cc1ccc(O)cc1)C(=O)NCC(=O)N1CCC[C@H]1C(=O)N[C@@H](CCC(=O)O)C(=O)N[C@H](C(=O)NN)[C@@H](C)O. The number of hydrazine groups is 1. The Morgan fingerprint density at radius 1 is 0.957 bits per heavy atom. The van der Waals surface area contributed by atoms with E-state index in [2.05, 4.69) is 21.3 Å². The van der Waals surface area contributed by atoms with E-state index in [9.17, 15) is 43.8 Å². The standard InChI is InChI=1S/C28H42N8O10/c1-14(32-25(43)18(29)12-16-5-7-17(38)8-6-16)24(42)31-13-21(39)36-11-3-4-20(36)27(45)33-19(9-10-22(40)41)26(44)34-23(15(2)37)28(46)35-30/h5-8,14-15,18-20,23,37-38H,3-4,9-13,29-30H2,1-2H3,(H,31,42)(H,32,43)(H,33,45)(H,34,44)(H,35,46)(H,40,41)/t14-,15+,18-,19-,20-,23-/m0/s1. The van der Waals surface area contributed by atoms with E-state index in [4.69, 9.17) is 16.7 Å². The lowest BCUT2D eigenvalue weighted by molar-refractivity contribution is -0.141. The number of carboxylic acid groups (broad SMARTS) is 1. The minimum absolute atomic E-state index is 0.0622. The molecule has 1 aromatic carbocycles. The van der Waals surface area contributed by atoms with E-state index < -0.39 is 90.7 Å². The maximum atomic E-state index is 13.2. The van der Waals surface area contributed by atoms with Crippen molar-refractivity contribution in [1.82, 2.24) is 31.6 Å². The van der Waals surface area contributed by atoms with E-state index in [0.29, 0.717) is 12.0 Å². The highest BCUT2D eigenvalue weighted by molar-refractivity contribution is 5.96. The summed E-state index contributed by atoms with van der Waals surface area (Å²) >= 11 is 0. The Bertz CT molecular complexity index is 1280. The molecule has 46 heavy (non-hydrogen) atoms. The van der Waals surface area contributed by atoms with E-state index in [1.807, 2.05) is 0 Å². The Morgan fingerprint density at radius 3 is 2.20 bits per heavy atom. The number of rotatable bonds is 16. The van der Waals surface area contributed by atoms with Gasteiger partial charge in [0.25, 0.3) is 5.91 Å². The number of carbonyl (C=O) groups excluding carboxylic acids is 6. The van der Waals surface area contributed by atoms with Crippen LogP contribution in [0.1, 0.15) is 45.1 Å². The van der Waals surface area contributed by atoms with Gasteiger partial charge in [-0.15, -0.1) is 0 Å². The molecule has 1 aliphatic rings. The molecule has 12 N–H and O–H groups in total. The topological polar surface area (TPSA) is 296 Å². The summed E-state index contributed by atoms with van der Waals surface area (Å²) < 4.78 is 0. The summed E-state index contributed by atoms with van der Waals surface area (Å²) in [5, 5.41) is 37.9. The summed E-state index contributed by atoms with van der Waals surface area (Å²) in [4.78, 5) is 88.4. The van der Waals surface area contributed by atoms with Crippen molar-refractivity contribution in [3.05, 3.63) is 29.8 Å². The third-order valence-corrected chi connectivity index (χ3v) is 7.26. The number of phenolic OH excluding ortho intramolecular Hbond substituents is 1. The van der Waals surface area contributed by atoms with Gasteiger partial charge < -0.3 is 47.2 Å². The van der Waals surface area contributed by atoms with Crippen LogP contribution in [0.5, 0.6) is 5.75 Å². The van der Waals surface area contributed by atoms with Crippen LogP contribution >= 0.6 is 0 Å². The lowest BCUT2D eigenvalue weighted by atomic mass is 10.1. The van der Waals surface area contributed by atoms with Gasteiger partial charge >= 0.3 is 5.97 Å². The third kappa shape index (κ3) is 11.3. The summed E-state index contributed by atoms with van der Waals surface area (Å²) in [7, 11) is 0. The smallest absolute Gasteiger partial charge is 0.303 e. The second-order valence-electron chi connectivity index (χ2n) is 10.9. The highest BCUT2D eigenvalue weighted by atomic mass is 16.4. The van der Waals surface area contributed by atoms with Crippen molar-refractivity contribution in [1.29, 1.82) is 0 Å². The molecule has 0 unspecified atom stereocenters. The minimum Gasteiger partial charge on any atom is -0.508 e. The molecule has 0 aliphatic carbocycles. The monoisotopic (exact) mass is 650 g/mol. The fourth-order valence-electron chi connectivity index (χ4n) is 4.67. The molecule has 0 bridgehead atoms. The number of nitrogens with two attached hydrogens (primary N) is 2.